The summed E-state index contributed by atoms with van der Waals surface area (Å²) in [5.41, 5.74) is 0.554. The summed E-state index contributed by atoms with van der Waals surface area (Å²) < 4.78 is 27.5. The van der Waals surface area contributed by atoms with Crippen LogP contribution in [0.2, 0.25) is 0 Å². The van der Waals surface area contributed by atoms with Crippen LogP contribution in [0.25, 0.3) is 0 Å². The van der Waals surface area contributed by atoms with Crippen molar-refractivity contribution in [3.05, 3.63) is 29.8 Å². The van der Waals surface area contributed by atoms with E-state index in [4.69, 9.17) is 5.11 Å². The van der Waals surface area contributed by atoms with E-state index in [0.29, 0.717) is 5.56 Å². The number of hydrogen-bond acceptors (Lipinski definition) is 3. The zero-order valence-electron chi connectivity index (χ0n) is 12.3. The summed E-state index contributed by atoms with van der Waals surface area (Å²) in [5, 5.41) is 8.71. The van der Waals surface area contributed by atoms with Gasteiger partial charge in [-0.2, -0.15) is 0 Å². The van der Waals surface area contributed by atoms with Crippen molar-refractivity contribution in [3.63, 3.8) is 0 Å². The maximum atomic E-state index is 12.4. The van der Waals surface area contributed by atoms with E-state index in [1.54, 1.807) is 12.1 Å². The molecule has 1 aromatic carbocycles. The molecule has 2 N–H and O–H groups in total. The number of rotatable bonds is 5. The molecule has 0 amide bonds. The molecule has 1 fully saturated rings. The van der Waals surface area contributed by atoms with E-state index >= 15 is 0 Å². The predicted molar refractivity (Wildman–Crippen MR) is 79.5 cm³/mol. The van der Waals surface area contributed by atoms with Gasteiger partial charge in [0.05, 0.1) is 11.3 Å². The Morgan fingerprint density at radius 1 is 1.33 bits per heavy atom. The van der Waals surface area contributed by atoms with Gasteiger partial charge in [0.15, 0.2) is 0 Å². The van der Waals surface area contributed by atoms with E-state index in [1.165, 1.54) is 12.1 Å². The standard InChI is InChI=1S/C15H21NO4S/c1-15(2)9-3-4-13(15)16-21(19,20)12-7-5-11(6-8-12)10-14(17)18/h5-8,13,16H,3-4,9-10H2,1-2H3,(H,17,18). The third kappa shape index (κ3) is 3.83. The lowest BCUT2D eigenvalue weighted by Gasteiger charge is -2.27. The highest BCUT2D eigenvalue weighted by atomic mass is 32.2. The van der Waals surface area contributed by atoms with Gasteiger partial charge in [0.2, 0.25) is 10.0 Å². The fraction of sp³-hybridized carbons (Fsp3) is 0.533. The number of carbonyl (C=O) groups is 1. The van der Waals surface area contributed by atoms with Crippen molar-refractivity contribution < 1.29 is 18.3 Å². The molecule has 1 saturated carbocycles. The topological polar surface area (TPSA) is 83.5 Å². The highest BCUT2D eigenvalue weighted by Gasteiger charge is 2.37. The van der Waals surface area contributed by atoms with Crippen LogP contribution in [0, 0.1) is 5.41 Å². The molecule has 5 nitrogen and oxygen atoms in total. The van der Waals surface area contributed by atoms with Crippen LogP contribution >= 0.6 is 0 Å². The monoisotopic (exact) mass is 311 g/mol. The number of hydrogen-bond donors (Lipinski definition) is 2. The van der Waals surface area contributed by atoms with Gasteiger partial charge in [0.1, 0.15) is 0 Å². The second-order valence-electron chi connectivity index (χ2n) is 6.27. The van der Waals surface area contributed by atoms with Crippen LogP contribution in [-0.4, -0.2) is 25.5 Å². The van der Waals surface area contributed by atoms with Gasteiger partial charge in [0, 0.05) is 6.04 Å². The minimum Gasteiger partial charge on any atom is -0.481 e. The lowest BCUT2D eigenvalue weighted by atomic mass is 9.88. The first-order valence-electron chi connectivity index (χ1n) is 7.04. The lowest BCUT2D eigenvalue weighted by molar-refractivity contribution is -0.136. The van der Waals surface area contributed by atoms with Crippen molar-refractivity contribution in [3.8, 4) is 0 Å². The molecule has 0 spiro atoms. The Morgan fingerprint density at radius 2 is 1.95 bits per heavy atom. The molecule has 1 atom stereocenters. The second-order valence-corrected chi connectivity index (χ2v) is 7.98. The number of carboxylic acid groups (broad SMARTS) is 1. The molecule has 21 heavy (non-hydrogen) atoms. The molecule has 1 aliphatic carbocycles. The summed E-state index contributed by atoms with van der Waals surface area (Å²) in [7, 11) is -3.56. The minimum absolute atomic E-state index is 0.0314. The van der Waals surface area contributed by atoms with Crippen LogP contribution in [0.4, 0.5) is 0 Å². The summed E-state index contributed by atoms with van der Waals surface area (Å²) in [6.07, 6.45) is 2.78. The average molecular weight is 311 g/mol. The van der Waals surface area contributed by atoms with Crippen LogP contribution in [0.3, 0.4) is 0 Å². The van der Waals surface area contributed by atoms with E-state index in [2.05, 4.69) is 18.6 Å². The molecule has 0 bridgehead atoms. The Balaban J connectivity index is 2.14. The molecular weight excluding hydrogens is 290 g/mol. The number of sulfonamides is 1. The van der Waals surface area contributed by atoms with Crippen molar-refractivity contribution >= 4 is 16.0 Å². The van der Waals surface area contributed by atoms with Crippen LogP contribution in [-0.2, 0) is 21.2 Å². The molecule has 0 saturated heterocycles. The lowest BCUT2D eigenvalue weighted by Crippen LogP contribution is -2.41. The van der Waals surface area contributed by atoms with E-state index in [-0.39, 0.29) is 22.8 Å². The zero-order chi connectivity index (χ0) is 15.7. The normalized spacial score (nSPS) is 21.3. The maximum absolute atomic E-state index is 12.4. The molecule has 1 aliphatic rings. The second kappa shape index (κ2) is 5.77. The summed E-state index contributed by atoms with van der Waals surface area (Å²) >= 11 is 0. The van der Waals surface area contributed by atoms with E-state index in [1.807, 2.05) is 0 Å². The van der Waals surface area contributed by atoms with Gasteiger partial charge in [-0.3, -0.25) is 4.79 Å². The predicted octanol–water partition coefficient (Wildman–Crippen LogP) is 2.17. The third-order valence-electron chi connectivity index (χ3n) is 4.14. The molecule has 1 aromatic rings. The molecule has 0 aliphatic heterocycles. The van der Waals surface area contributed by atoms with Crippen molar-refractivity contribution in [1.29, 1.82) is 0 Å². The fourth-order valence-electron chi connectivity index (χ4n) is 2.76. The first kappa shape index (κ1) is 16.0. The van der Waals surface area contributed by atoms with Gasteiger partial charge in [-0.15, -0.1) is 0 Å². The quantitative estimate of drug-likeness (QED) is 0.873. The molecule has 2 rings (SSSR count). The van der Waals surface area contributed by atoms with Crippen LogP contribution in [0.1, 0.15) is 38.7 Å². The Labute approximate surface area is 125 Å². The molecule has 1 unspecified atom stereocenters. The highest BCUT2D eigenvalue weighted by molar-refractivity contribution is 7.89. The largest absolute Gasteiger partial charge is 0.481 e. The van der Waals surface area contributed by atoms with Gasteiger partial charge >= 0.3 is 5.97 Å². The molecule has 116 valence electrons. The Hall–Kier alpha value is -1.40. The SMILES string of the molecule is CC1(C)CCCC1NS(=O)(=O)c1ccc(CC(=O)O)cc1. The fourth-order valence-corrected chi connectivity index (χ4v) is 4.20. The smallest absolute Gasteiger partial charge is 0.307 e. The molecule has 0 heterocycles. The molecule has 0 aromatic heterocycles. The average Bonchev–Trinajstić information content (AvgIpc) is 2.68. The molecule has 6 heteroatoms. The van der Waals surface area contributed by atoms with Crippen molar-refractivity contribution in [1.82, 2.24) is 4.72 Å². The number of nitrogens with one attached hydrogen (secondary N) is 1. The van der Waals surface area contributed by atoms with E-state index < -0.39 is 16.0 Å². The number of carboxylic acids is 1. The van der Waals surface area contributed by atoms with Crippen LogP contribution in [0.15, 0.2) is 29.2 Å². The highest BCUT2D eigenvalue weighted by Crippen LogP contribution is 2.37. The molecule has 0 radical (unpaired) electrons. The summed E-state index contributed by atoms with van der Waals surface area (Å²) in [5.74, 6) is -0.934. The summed E-state index contributed by atoms with van der Waals surface area (Å²) in [4.78, 5) is 10.8. The van der Waals surface area contributed by atoms with Crippen molar-refractivity contribution in [2.24, 2.45) is 5.41 Å². The number of aliphatic carboxylic acids is 1. The summed E-state index contributed by atoms with van der Waals surface area (Å²) in [6.45, 7) is 4.15. The Bertz CT molecular complexity index is 620. The van der Waals surface area contributed by atoms with Gasteiger partial charge < -0.3 is 5.11 Å². The van der Waals surface area contributed by atoms with Gasteiger partial charge in [0.25, 0.3) is 0 Å². The van der Waals surface area contributed by atoms with Gasteiger partial charge in [-0.05, 0) is 36.0 Å². The summed E-state index contributed by atoms with van der Waals surface area (Å²) in [6, 6.07) is 5.96. The number of benzene rings is 1. The first-order chi connectivity index (χ1) is 9.71. The maximum Gasteiger partial charge on any atom is 0.307 e. The van der Waals surface area contributed by atoms with E-state index in [0.717, 1.165) is 19.3 Å². The van der Waals surface area contributed by atoms with Crippen LogP contribution < -0.4 is 4.72 Å². The Morgan fingerprint density at radius 3 is 2.43 bits per heavy atom. The van der Waals surface area contributed by atoms with Crippen molar-refractivity contribution in [2.45, 2.75) is 50.5 Å². The van der Waals surface area contributed by atoms with Gasteiger partial charge in [-0.1, -0.05) is 32.4 Å². The van der Waals surface area contributed by atoms with E-state index in [9.17, 15) is 13.2 Å². The Kier molecular flexibility index (Phi) is 4.39. The third-order valence-corrected chi connectivity index (χ3v) is 5.63. The first-order valence-corrected chi connectivity index (χ1v) is 8.52. The molecular formula is C15H21NO4S. The minimum atomic E-state index is -3.56. The zero-order valence-corrected chi connectivity index (χ0v) is 13.1. The van der Waals surface area contributed by atoms with Crippen molar-refractivity contribution in [2.75, 3.05) is 0 Å². The van der Waals surface area contributed by atoms with Crippen LogP contribution in [0.5, 0.6) is 0 Å². The van der Waals surface area contributed by atoms with Gasteiger partial charge in [-0.25, -0.2) is 13.1 Å².